The number of thioether (sulfide) groups is 1. The third kappa shape index (κ3) is 2.90. The van der Waals surface area contributed by atoms with E-state index in [-0.39, 0.29) is 0 Å². The molecule has 0 aromatic heterocycles. The molecule has 100 valence electrons. The predicted octanol–water partition coefficient (Wildman–Crippen LogP) is 2.74. The molecule has 2 rings (SSSR count). The van der Waals surface area contributed by atoms with E-state index in [0.717, 1.165) is 18.3 Å². The zero-order valence-electron chi connectivity index (χ0n) is 11.6. The molecule has 0 spiro atoms. The van der Waals surface area contributed by atoms with E-state index in [4.69, 9.17) is 5.73 Å². The Morgan fingerprint density at radius 1 is 1.44 bits per heavy atom. The van der Waals surface area contributed by atoms with Gasteiger partial charge in [-0.05, 0) is 30.5 Å². The molecule has 2 unspecified atom stereocenters. The van der Waals surface area contributed by atoms with Crippen LogP contribution in [-0.2, 0) is 0 Å². The van der Waals surface area contributed by atoms with Crippen LogP contribution in [0.2, 0.25) is 0 Å². The van der Waals surface area contributed by atoms with Crippen molar-refractivity contribution in [1.82, 2.24) is 4.90 Å². The van der Waals surface area contributed by atoms with Gasteiger partial charge in [0.05, 0.1) is 0 Å². The van der Waals surface area contributed by atoms with Gasteiger partial charge in [0.15, 0.2) is 0 Å². The first-order chi connectivity index (χ1) is 8.63. The van der Waals surface area contributed by atoms with E-state index in [2.05, 4.69) is 55.6 Å². The highest BCUT2D eigenvalue weighted by Crippen LogP contribution is 2.29. The Bertz CT molecular complexity index is 405. The van der Waals surface area contributed by atoms with Crippen LogP contribution in [0.15, 0.2) is 18.2 Å². The summed E-state index contributed by atoms with van der Waals surface area (Å²) in [6.07, 6.45) is 0. The lowest BCUT2D eigenvalue weighted by molar-refractivity contribution is 0.210. The quantitative estimate of drug-likeness (QED) is 0.910. The first-order valence-electron chi connectivity index (χ1n) is 6.75. The van der Waals surface area contributed by atoms with Gasteiger partial charge in [0.1, 0.15) is 0 Å². The van der Waals surface area contributed by atoms with Gasteiger partial charge in [-0.25, -0.2) is 0 Å². The molecule has 0 radical (unpaired) electrons. The fraction of sp³-hybridized carbons (Fsp3) is 0.600. The molecule has 1 fully saturated rings. The van der Waals surface area contributed by atoms with Gasteiger partial charge in [0, 0.05) is 36.7 Å². The molecule has 0 saturated carbocycles. The van der Waals surface area contributed by atoms with E-state index in [1.54, 1.807) is 0 Å². The number of nitrogens with zero attached hydrogens (tertiary/aromatic N) is 1. The van der Waals surface area contributed by atoms with Crippen LogP contribution in [0.5, 0.6) is 0 Å². The Balaban J connectivity index is 2.24. The second kappa shape index (κ2) is 6.09. The lowest BCUT2D eigenvalue weighted by Crippen LogP contribution is -2.42. The number of rotatable bonds is 3. The van der Waals surface area contributed by atoms with Gasteiger partial charge < -0.3 is 5.73 Å². The third-order valence-corrected chi connectivity index (χ3v) is 5.08. The SMILES string of the molecule is Cc1cccc(C(CN)N2CCSC(C)C2)c1C. The van der Waals surface area contributed by atoms with Gasteiger partial charge in [-0.1, -0.05) is 25.1 Å². The molecule has 2 N–H and O–H groups in total. The van der Waals surface area contributed by atoms with Crippen molar-refractivity contribution in [3.63, 3.8) is 0 Å². The first kappa shape index (κ1) is 13.9. The highest BCUT2D eigenvalue weighted by molar-refractivity contribution is 7.99. The van der Waals surface area contributed by atoms with Crippen molar-refractivity contribution in [2.24, 2.45) is 5.73 Å². The average molecular weight is 264 g/mol. The maximum absolute atomic E-state index is 6.05. The van der Waals surface area contributed by atoms with E-state index in [0.29, 0.717) is 12.6 Å². The second-order valence-corrected chi connectivity index (χ2v) is 6.76. The predicted molar refractivity (Wildman–Crippen MR) is 81.2 cm³/mol. The Labute approximate surface area is 115 Å². The lowest BCUT2D eigenvalue weighted by Gasteiger charge is -2.37. The van der Waals surface area contributed by atoms with E-state index in [1.807, 2.05) is 0 Å². The highest BCUT2D eigenvalue weighted by Gasteiger charge is 2.25. The fourth-order valence-corrected chi connectivity index (χ4v) is 3.78. The van der Waals surface area contributed by atoms with E-state index in [1.165, 1.54) is 22.4 Å². The zero-order valence-corrected chi connectivity index (χ0v) is 12.5. The Kier molecular flexibility index (Phi) is 4.71. The summed E-state index contributed by atoms with van der Waals surface area (Å²) in [5.74, 6) is 1.22. The fourth-order valence-electron chi connectivity index (χ4n) is 2.74. The zero-order chi connectivity index (χ0) is 13.1. The van der Waals surface area contributed by atoms with Gasteiger partial charge in [-0.2, -0.15) is 11.8 Å². The summed E-state index contributed by atoms with van der Waals surface area (Å²) in [5, 5.41) is 0.720. The van der Waals surface area contributed by atoms with Crippen molar-refractivity contribution in [1.29, 1.82) is 0 Å². The molecule has 0 bridgehead atoms. The summed E-state index contributed by atoms with van der Waals surface area (Å²) >= 11 is 2.07. The van der Waals surface area contributed by atoms with E-state index < -0.39 is 0 Å². The molecule has 1 aliphatic heterocycles. The molecule has 1 aliphatic rings. The topological polar surface area (TPSA) is 29.3 Å². The first-order valence-corrected chi connectivity index (χ1v) is 7.80. The van der Waals surface area contributed by atoms with Crippen LogP contribution in [-0.4, -0.2) is 35.5 Å². The summed E-state index contributed by atoms with van der Waals surface area (Å²) in [6, 6.07) is 6.96. The molecule has 3 heteroatoms. The third-order valence-electron chi connectivity index (χ3n) is 3.94. The van der Waals surface area contributed by atoms with Crippen LogP contribution < -0.4 is 5.73 Å². The van der Waals surface area contributed by atoms with Gasteiger partial charge >= 0.3 is 0 Å². The van der Waals surface area contributed by atoms with Crippen molar-refractivity contribution in [2.75, 3.05) is 25.4 Å². The van der Waals surface area contributed by atoms with E-state index in [9.17, 15) is 0 Å². The minimum Gasteiger partial charge on any atom is -0.329 e. The molecule has 1 saturated heterocycles. The van der Waals surface area contributed by atoms with E-state index >= 15 is 0 Å². The van der Waals surface area contributed by atoms with Crippen molar-refractivity contribution < 1.29 is 0 Å². The second-order valence-electron chi connectivity index (χ2n) is 5.22. The van der Waals surface area contributed by atoms with Crippen LogP contribution in [0.3, 0.4) is 0 Å². The monoisotopic (exact) mass is 264 g/mol. The standard InChI is InChI=1S/C15H24N2S/c1-11-5-4-6-14(13(11)3)15(9-16)17-7-8-18-12(2)10-17/h4-6,12,15H,7-10,16H2,1-3H3. The van der Waals surface area contributed by atoms with Crippen molar-refractivity contribution in [2.45, 2.75) is 32.1 Å². The Hall–Kier alpha value is -0.510. The average Bonchev–Trinajstić information content (AvgIpc) is 2.35. The lowest BCUT2D eigenvalue weighted by atomic mass is 9.96. The number of hydrogen-bond acceptors (Lipinski definition) is 3. The van der Waals surface area contributed by atoms with Gasteiger partial charge in [-0.3, -0.25) is 4.90 Å². The minimum absolute atomic E-state index is 0.383. The molecule has 0 amide bonds. The summed E-state index contributed by atoms with van der Waals surface area (Å²) in [4.78, 5) is 2.56. The number of nitrogens with two attached hydrogens (primary N) is 1. The summed E-state index contributed by atoms with van der Waals surface area (Å²) in [7, 11) is 0. The Morgan fingerprint density at radius 2 is 2.22 bits per heavy atom. The molecule has 1 aromatic rings. The van der Waals surface area contributed by atoms with Gasteiger partial charge in [0.25, 0.3) is 0 Å². The van der Waals surface area contributed by atoms with Gasteiger partial charge in [0.2, 0.25) is 0 Å². The molecule has 1 heterocycles. The molecule has 0 aliphatic carbocycles. The van der Waals surface area contributed by atoms with Crippen LogP contribution in [0, 0.1) is 13.8 Å². The largest absolute Gasteiger partial charge is 0.329 e. The van der Waals surface area contributed by atoms with Crippen LogP contribution in [0.1, 0.15) is 29.7 Å². The molecule has 2 nitrogen and oxygen atoms in total. The van der Waals surface area contributed by atoms with Gasteiger partial charge in [-0.15, -0.1) is 0 Å². The van der Waals surface area contributed by atoms with Crippen molar-refractivity contribution >= 4 is 11.8 Å². The van der Waals surface area contributed by atoms with Crippen molar-refractivity contribution in [3.8, 4) is 0 Å². The minimum atomic E-state index is 0.383. The highest BCUT2D eigenvalue weighted by atomic mass is 32.2. The molecule has 2 atom stereocenters. The normalized spacial score (nSPS) is 23.0. The summed E-state index contributed by atoms with van der Waals surface area (Å²) < 4.78 is 0. The molecular formula is C15H24N2S. The molecular weight excluding hydrogens is 240 g/mol. The number of aryl methyl sites for hydroxylation is 1. The molecule has 18 heavy (non-hydrogen) atoms. The van der Waals surface area contributed by atoms with Crippen LogP contribution in [0.4, 0.5) is 0 Å². The Morgan fingerprint density at radius 3 is 2.89 bits per heavy atom. The summed E-state index contributed by atoms with van der Waals surface area (Å²) in [6.45, 7) is 9.73. The molecule has 1 aromatic carbocycles. The van der Waals surface area contributed by atoms with Crippen molar-refractivity contribution in [3.05, 3.63) is 34.9 Å². The maximum Gasteiger partial charge on any atom is 0.0473 e. The number of benzene rings is 1. The van der Waals surface area contributed by atoms with Crippen LogP contribution in [0.25, 0.3) is 0 Å². The maximum atomic E-state index is 6.05. The summed E-state index contributed by atoms with van der Waals surface area (Å²) in [5.41, 5.74) is 10.2. The smallest absolute Gasteiger partial charge is 0.0473 e. The van der Waals surface area contributed by atoms with Crippen LogP contribution >= 0.6 is 11.8 Å². The number of hydrogen-bond donors (Lipinski definition) is 1.